The van der Waals surface area contributed by atoms with Gasteiger partial charge in [-0.25, -0.2) is 0 Å². The lowest BCUT2D eigenvalue weighted by Crippen LogP contribution is -2.26. The molecule has 0 fully saturated rings. The van der Waals surface area contributed by atoms with E-state index in [9.17, 15) is 0 Å². The van der Waals surface area contributed by atoms with Crippen molar-refractivity contribution in [3.05, 3.63) is 249 Å². The van der Waals surface area contributed by atoms with Crippen molar-refractivity contribution in [2.45, 2.75) is 213 Å². The molecule has 11 rings (SSSR count). The highest BCUT2D eigenvalue weighted by atomic mass is 14.5. The molecular weight excluding hydrogens is 1120 g/mol. The minimum absolute atomic E-state index is 0.155. The molecule has 0 aliphatic heterocycles. The zero-order chi connectivity index (χ0) is 63.9. The molecule has 0 heteroatoms. The van der Waals surface area contributed by atoms with E-state index in [0.29, 0.717) is 0 Å². The first-order valence-corrected chi connectivity index (χ1v) is 36.4. The summed E-state index contributed by atoms with van der Waals surface area (Å²) in [6.45, 7) is 9.22. The second-order valence-electron chi connectivity index (χ2n) is 26.8. The topological polar surface area (TPSA) is 0 Å². The van der Waals surface area contributed by atoms with E-state index in [1.165, 1.54) is 187 Å². The zero-order valence-corrected chi connectivity index (χ0v) is 56.6. The molecule has 10 aromatic rings. The third-order valence-corrected chi connectivity index (χ3v) is 20.0. The molecule has 0 unspecified atom stereocenters. The molecular formula is C93H98. The molecule has 0 atom stereocenters. The third-order valence-electron chi connectivity index (χ3n) is 20.0. The zero-order valence-electron chi connectivity index (χ0n) is 56.6. The molecule has 0 aromatic heterocycles. The molecule has 93 heavy (non-hydrogen) atoms. The van der Waals surface area contributed by atoms with E-state index < -0.39 is 0 Å². The molecule has 470 valence electrons. The van der Waals surface area contributed by atoms with Gasteiger partial charge in [0.1, 0.15) is 0 Å². The number of hydrogen-bond acceptors (Lipinski definition) is 0. The van der Waals surface area contributed by atoms with E-state index in [4.69, 9.17) is 0 Å². The predicted octanol–water partition coefficient (Wildman–Crippen LogP) is 25.5. The van der Waals surface area contributed by atoms with Crippen LogP contribution >= 0.6 is 0 Å². The molecule has 0 amide bonds. The van der Waals surface area contributed by atoms with Gasteiger partial charge in [0.2, 0.25) is 0 Å². The second kappa shape index (κ2) is 33.9. The Labute approximate surface area is 559 Å². The maximum Gasteiger partial charge on any atom is 0.0406 e. The summed E-state index contributed by atoms with van der Waals surface area (Å²) >= 11 is 0. The lowest BCUT2D eigenvalue weighted by atomic mass is 9.70. The Morgan fingerprint density at radius 1 is 0.237 bits per heavy atom. The molecule has 0 saturated heterocycles. The first-order valence-electron chi connectivity index (χ1n) is 36.4. The number of benzene rings is 10. The van der Waals surface area contributed by atoms with Crippen LogP contribution in [0, 0.1) is 47.4 Å². The van der Waals surface area contributed by atoms with Gasteiger partial charge in [0, 0.05) is 49.9 Å². The molecule has 0 heterocycles. The van der Waals surface area contributed by atoms with Crippen molar-refractivity contribution >= 4 is 43.1 Å². The van der Waals surface area contributed by atoms with Crippen LogP contribution < -0.4 is 0 Å². The van der Waals surface area contributed by atoms with Crippen molar-refractivity contribution in [3.63, 3.8) is 0 Å². The van der Waals surface area contributed by atoms with Gasteiger partial charge in [0.25, 0.3) is 0 Å². The van der Waals surface area contributed by atoms with E-state index in [-0.39, 0.29) is 5.41 Å². The van der Waals surface area contributed by atoms with Crippen LogP contribution in [0.1, 0.15) is 261 Å². The van der Waals surface area contributed by atoms with Gasteiger partial charge < -0.3 is 0 Å². The third kappa shape index (κ3) is 16.5. The highest BCUT2D eigenvalue weighted by Gasteiger charge is 2.42. The van der Waals surface area contributed by atoms with E-state index >= 15 is 0 Å². The molecule has 0 nitrogen and oxygen atoms in total. The van der Waals surface area contributed by atoms with Crippen LogP contribution in [0.3, 0.4) is 0 Å². The molecule has 0 N–H and O–H groups in total. The maximum absolute atomic E-state index is 3.84. The Balaban J connectivity index is 0.936. The minimum Gasteiger partial charge on any atom is -0.0654 e. The van der Waals surface area contributed by atoms with Gasteiger partial charge in [-0.1, -0.05) is 350 Å². The van der Waals surface area contributed by atoms with Crippen molar-refractivity contribution in [2.24, 2.45) is 0 Å². The fourth-order valence-electron chi connectivity index (χ4n) is 14.8. The predicted molar refractivity (Wildman–Crippen MR) is 403 cm³/mol. The summed E-state index contributed by atoms with van der Waals surface area (Å²) in [5.74, 6) is 29.9. The Morgan fingerprint density at radius 2 is 0.484 bits per heavy atom. The van der Waals surface area contributed by atoms with Gasteiger partial charge in [-0.3, -0.25) is 0 Å². The van der Waals surface area contributed by atoms with Crippen molar-refractivity contribution < 1.29 is 0 Å². The van der Waals surface area contributed by atoms with E-state index in [2.05, 4.69) is 257 Å². The average molecular weight is 1220 g/mol. The highest BCUT2D eigenvalue weighted by molar-refractivity contribution is 6.11. The van der Waals surface area contributed by atoms with E-state index in [0.717, 1.165) is 113 Å². The summed E-state index contributed by atoms with van der Waals surface area (Å²) in [6, 6.07) is 67.4. The Morgan fingerprint density at radius 3 is 0.774 bits per heavy atom. The number of hydrogen-bond donors (Lipinski definition) is 0. The van der Waals surface area contributed by atoms with Gasteiger partial charge in [0.05, 0.1) is 0 Å². The van der Waals surface area contributed by atoms with Crippen LogP contribution in [0.15, 0.2) is 182 Å². The van der Waals surface area contributed by atoms with Crippen molar-refractivity contribution in [2.75, 3.05) is 0 Å². The summed E-state index contributed by atoms with van der Waals surface area (Å²) < 4.78 is 0. The molecule has 1 aliphatic rings. The first kappa shape index (κ1) is 66.0. The normalized spacial score (nSPS) is 12.0. The summed E-state index contributed by atoms with van der Waals surface area (Å²) in [5, 5.41) is 9.16. The van der Waals surface area contributed by atoms with Crippen LogP contribution in [-0.4, -0.2) is 0 Å². The first-order chi connectivity index (χ1) is 46.0. The quantitative estimate of drug-likeness (QED) is 0.0260. The fraction of sp³-hybridized carbons (Fsp3) is 0.355. The summed E-state index contributed by atoms with van der Waals surface area (Å²) in [4.78, 5) is 0. The lowest BCUT2D eigenvalue weighted by molar-refractivity contribution is 0.397. The number of unbranched alkanes of at least 4 members (excludes halogenated alkanes) is 20. The standard InChI is InChI=1S/C93H98/c1-5-9-13-17-21-25-37-71-47-51-73(52-48-71)55-61-85-77-39-27-31-43-81(77)87(82-44-32-28-40-78(82)85)63-57-75-59-65-89-90-66-60-76(70-92(90)93(91(89)69-75,67-35-23-19-15-11-7-3)68-36-24-20-16-12-8-4)58-64-88-83-45-33-29-41-79(83)86(80-42-30-34-46-84(80)88)62-56-74-53-49-72(50-54-74)38-26-22-18-14-10-6-2/h27-34,39-54,59-60,65-66,69-70H,5-26,35-38,67-68H2,1-4H3. The van der Waals surface area contributed by atoms with E-state index in [1.54, 1.807) is 0 Å². The average Bonchev–Trinajstić information content (AvgIpc) is 1.62. The summed E-state index contributed by atoms with van der Waals surface area (Å²) in [6.07, 6.45) is 35.5. The molecule has 0 saturated carbocycles. The van der Waals surface area contributed by atoms with Crippen molar-refractivity contribution in [1.29, 1.82) is 0 Å². The Bertz CT molecular complexity index is 4000. The molecule has 0 spiro atoms. The van der Waals surface area contributed by atoms with Crippen LogP contribution in [0.2, 0.25) is 0 Å². The van der Waals surface area contributed by atoms with Gasteiger partial charge in [-0.15, -0.1) is 0 Å². The Kier molecular flexibility index (Phi) is 24.0. The van der Waals surface area contributed by atoms with Gasteiger partial charge in [-0.05, 0) is 164 Å². The second-order valence-corrected chi connectivity index (χ2v) is 26.8. The van der Waals surface area contributed by atoms with Crippen molar-refractivity contribution in [3.8, 4) is 58.5 Å². The van der Waals surface area contributed by atoms with E-state index in [1.807, 2.05) is 0 Å². The lowest BCUT2D eigenvalue weighted by Gasteiger charge is -2.33. The fourth-order valence-corrected chi connectivity index (χ4v) is 14.8. The van der Waals surface area contributed by atoms with Gasteiger partial charge >= 0.3 is 0 Å². The number of aryl methyl sites for hydroxylation is 2. The smallest absolute Gasteiger partial charge is 0.0406 e. The molecule has 10 aromatic carbocycles. The molecule has 1 aliphatic carbocycles. The minimum atomic E-state index is -0.155. The molecule has 0 bridgehead atoms. The largest absolute Gasteiger partial charge is 0.0654 e. The van der Waals surface area contributed by atoms with Gasteiger partial charge in [-0.2, -0.15) is 0 Å². The van der Waals surface area contributed by atoms with Crippen molar-refractivity contribution in [1.82, 2.24) is 0 Å². The van der Waals surface area contributed by atoms with Gasteiger partial charge in [0.15, 0.2) is 0 Å². The number of fused-ring (bicyclic) bond motifs is 7. The molecule has 0 radical (unpaired) electrons. The monoisotopic (exact) mass is 1210 g/mol. The summed E-state index contributed by atoms with van der Waals surface area (Å²) in [5.41, 5.74) is 16.7. The van der Waals surface area contributed by atoms with Crippen LogP contribution in [0.5, 0.6) is 0 Å². The number of rotatable bonds is 28. The van der Waals surface area contributed by atoms with Crippen LogP contribution in [0.4, 0.5) is 0 Å². The SMILES string of the molecule is CCCCCCCCc1ccc(C#Cc2c3ccccc3c(C#Cc3ccc4c(c3)C(CCCCCCCC)(CCCCCCCC)c3cc(C#Cc5c6ccccc6c(C#Cc6ccc(CCCCCCCC)cc6)c6ccccc56)ccc3-4)c3ccccc23)cc1. The maximum atomic E-state index is 3.84. The Hall–Kier alpha value is -8.52. The van der Waals surface area contributed by atoms with Crippen LogP contribution in [-0.2, 0) is 18.3 Å². The highest BCUT2D eigenvalue weighted by Crippen LogP contribution is 2.55. The van der Waals surface area contributed by atoms with Crippen LogP contribution in [0.25, 0.3) is 54.2 Å². The summed E-state index contributed by atoms with van der Waals surface area (Å²) in [7, 11) is 0.